The summed E-state index contributed by atoms with van der Waals surface area (Å²) in [5.74, 6) is 0. The molecular formula is C35H29F3N6S. The van der Waals surface area contributed by atoms with E-state index in [2.05, 4.69) is 67.7 Å². The molecule has 1 saturated heterocycles. The Balaban J connectivity index is 1.10. The Morgan fingerprint density at radius 3 is 1.84 bits per heavy atom. The van der Waals surface area contributed by atoms with Gasteiger partial charge < -0.3 is 21.1 Å². The van der Waals surface area contributed by atoms with Crippen LogP contribution in [0.5, 0.6) is 0 Å². The molecule has 0 atom stereocenters. The monoisotopic (exact) mass is 622 g/mol. The molecule has 1 aliphatic heterocycles. The lowest BCUT2D eigenvalue weighted by atomic mass is 10.1. The summed E-state index contributed by atoms with van der Waals surface area (Å²) in [7, 11) is 0. The van der Waals surface area contributed by atoms with E-state index in [1.165, 1.54) is 30.0 Å². The average molecular weight is 623 g/mol. The zero-order chi connectivity index (χ0) is 30.8. The normalized spacial score (nSPS) is 13.6. The van der Waals surface area contributed by atoms with Gasteiger partial charge in [-0.3, -0.25) is 0 Å². The van der Waals surface area contributed by atoms with Crippen LogP contribution in [0.4, 0.5) is 51.6 Å². The highest BCUT2D eigenvalue weighted by Gasteiger charge is 2.30. The first-order chi connectivity index (χ1) is 21.9. The molecule has 0 bridgehead atoms. The molecule has 2 heterocycles. The van der Waals surface area contributed by atoms with Crippen LogP contribution in [0.2, 0.25) is 0 Å². The molecule has 226 valence electrons. The highest BCUT2D eigenvalue weighted by molar-refractivity contribution is 7.20. The van der Waals surface area contributed by atoms with E-state index in [1.54, 1.807) is 11.3 Å². The van der Waals surface area contributed by atoms with Gasteiger partial charge in [0, 0.05) is 40.3 Å². The zero-order valence-corrected chi connectivity index (χ0v) is 24.9. The van der Waals surface area contributed by atoms with Gasteiger partial charge in [-0.25, -0.2) is 0 Å². The number of hydrazine groups is 1. The Morgan fingerprint density at radius 1 is 0.600 bits per heavy atom. The van der Waals surface area contributed by atoms with Gasteiger partial charge in [-0.1, -0.05) is 48.5 Å². The van der Waals surface area contributed by atoms with Crippen LogP contribution in [0, 0.1) is 0 Å². The fourth-order valence-electron chi connectivity index (χ4n) is 5.59. The quantitative estimate of drug-likeness (QED) is 0.117. The van der Waals surface area contributed by atoms with Crippen LogP contribution < -0.4 is 21.1 Å². The van der Waals surface area contributed by atoms with E-state index in [-0.39, 0.29) is 0 Å². The van der Waals surface area contributed by atoms with Gasteiger partial charge in [-0.05, 0) is 73.5 Å². The second-order valence-electron chi connectivity index (χ2n) is 10.8. The number of hydrogen-bond acceptors (Lipinski definition) is 7. The molecule has 7 rings (SSSR count). The fraction of sp³-hybridized carbons (Fsp3) is 0.143. The van der Waals surface area contributed by atoms with Crippen molar-refractivity contribution in [1.29, 1.82) is 0 Å². The van der Waals surface area contributed by atoms with Gasteiger partial charge in [-0.2, -0.15) is 18.3 Å². The molecule has 1 fully saturated rings. The van der Waals surface area contributed by atoms with Crippen molar-refractivity contribution in [2.75, 3.05) is 34.2 Å². The molecule has 0 spiro atoms. The highest BCUT2D eigenvalue weighted by atomic mass is 32.1. The van der Waals surface area contributed by atoms with Gasteiger partial charge in [0.15, 0.2) is 0 Å². The summed E-state index contributed by atoms with van der Waals surface area (Å²) in [6.45, 7) is 2.25. The SMILES string of the molecule is FC(F)(F)c1ccc(N=Nc2ccc(NNc3ccc(Nc4ccc(N5CCCC5)s4)c4ccccc34)c3ccccc23)cc1. The van der Waals surface area contributed by atoms with Gasteiger partial charge in [-0.15, -0.1) is 16.5 Å². The maximum absolute atomic E-state index is 12.9. The minimum absolute atomic E-state index is 0.340. The van der Waals surface area contributed by atoms with Gasteiger partial charge >= 0.3 is 6.18 Å². The summed E-state index contributed by atoms with van der Waals surface area (Å²) in [6.07, 6.45) is -1.88. The van der Waals surface area contributed by atoms with E-state index in [9.17, 15) is 13.2 Å². The predicted molar refractivity (Wildman–Crippen MR) is 180 cm³/mol. The van der Waals surface area contributed by atoms with Crippen molar-refractivity contribution < 1.29 is 13.2 Å². The van der Waals surface area contributed by atoms with Gasteiger partial charge in [0.1, 0.15) is 0 Å². The molecule has 0 radical (unpaired) electrons. The lowest BCUT2D eigenvalue weighted by molar-refractivity contribution is -0.137. The number of alkyl halides is 3. The smallest absolute Gasteiger partial charge is 0.363 e. The van der Waals surface area contributed by atoms with Crippen molar-refractivity contribution in [3.63, 3.8) is 0 Å². The van der Waals surface area contributed by atoms with Crippen LogP contribution >= 0.6 is 11.3 Å². The minimum Gasteiger partial charge on any atom is -0.363 e. The highest BCUT2D eigenvalue weighted by Crippen LogP contribution is 2.38. The van der Waals surface area contributed by atoms with Crippen molar-refractivity contribution in [3.8, 4) is 0 Å². The fourth-order valence-corrected chi connectivity index (χ4v) is 6.57. The Hall–Kier alpha value is -5.09. The van der Waals surface area contributed by atoms with Crippen molar-refractivity contribution >= 4 is 71.3 Å². The summed E-state index contributed by atoms with van der Waals surface area (Å²) < 4.78 is 38.7. The van der Waals surface area contributed by atoms with E-state index in [0.29, 0.717) is 11.4 Å². The van der Waals surface area contributed by atoms with E-state index < -0.39 is 11.7 Å². The molecule has 45 heavy (non-hydrogen) atoms. The van der Waals surface area contributed by atoms with Gasteiger partial charge in [0.05, 0.1) is 38.3 Å². The maximum Gasteiger partial charge on any atom is 0.416 e. The topological polar surface area (TPSA) is 64.0 Å². The van der Waals surface area contributed by atoms with Crippen LogP contribution in [0.1, 0.15) is 18.4 Å². The summed E-state index contributed by atoms with van der Waals surface area (Å²) in [5, 5.41) is 18.5. The summed E-state index contributed by atoms with van der Waals surface area (Å²) >= 11 is 1.78. The van der Waals surface area contributed by atoms with Gasteiger partial charge in [0.25, 0.3) is 0 Å². The van der Waals surface area contributed by atoms with Crippen LogP contribution in [0.25, 0.3) is 21.5 Å². The van der Waals surface area contributed by atoms with Crippen molar-refractivity contribution in [3.05, 3.63) is 115 Å². The van der Waals surface area contributed by atoms with Crippen molar-refractivity contribution in [2.45, 2.75) is 19.0 Å². The number of thiophene rings is 1. The third-order valence-electron chi connectivity index (χ3n) is 7.89. The van der Waals surface area contributed by atoms with Crippen LogP contribution in [0.15, 0.2) is 119 Å². The van der Waals surface area contributed by atoms with E-state index >= 15 is 0 Å². The number of rotatable bonds is 8. The number of azo groups is 1. The first-order valence-electron chi connectivity index (χ1n) is 14.7. The first-order valence-corrected chi connectivity index (χ1v) is 15.5. The van der Waals surface area contributed by atoms with E-state index in [0.717, 1.165) is 68.8 Å². The Kier molecular flexibility index (Phi) is 7.72. The summed E-state index contributed by atoms with van der Waals surface area (Å²) in [5.41, 5.74) is 9.81. The molecule has 6 aromatic rings. The van der Waals surface area contributed by atoms with Crippen molar-refractivity contribution in [1.82, 2.24) is 0 Å². The lowest BCUT2D eigenvalue weighted by Gasteiger charge is -2.17. The largest absolute Gasteiger partial charge is 0.416 e. The zero-order valence-electron chi connectivity index (χ0n) is 24.1. The molecule has 10 heteroatoms. The molecule has 0 amide bonds. The van der Waals surface area contributed by atoms with E-state index in [4.69, 9.17) is 0 Å². The number of halogens is 3. The molecule has 3 N–H and O–H groups in total. The number of anilines is 5. The molecule has 1 aliphatic rings. The number of nitrogens with zero attached hydrogens (tertiary/aromatic N) is 3. The number of hydrogen-bond donors (Lipinski definition) is 3. The predicted octanol–water partition coefficient (Wildman–Crippen LogP) is 11.3. The minimum atomic E-state index is -4.39. The molecular weight excluding hydrogens is 593 g/mol. The van der Waals surface area contributed by atoms with Gasteiger partial charge in [0.2, 0.25) is 0 Å². The van der Waals surface area contributed by atoms with Crippen LogP contribution in [-0.2, 0) is 6.18 Å². The Bertz CT molecular complexity index is 2000. The second kappa shape index (κ2) is 12.1. The summed E-state index contributed by atoms with van der Waals surface area (Å²) in [4.78, 5) is 2.45. The summed E-state index contributed by atoms with van der Waals surface area (Å²) in [6, 6.07) is 32.9. The van der Waals surface area contributed by atoms with Crippen LogP contribution in [-0.4, -0.2) is 13.1 Å². The molecule has 0 saturated carbocycles. The maximum atomic E-state index is 12.9. The third kappa shape index (κ3) is 6.14. The molecule has 5 aromatic carbocycles. The Labute approximate surface area is 262 Å². The van der Waals surface area contributed by atoms with Crippen molar-refractivity contribution in [2.24, 2.45) is 10.2 Å². The standard InChI is InChI=1S/C35H29F3N6S/c36-35(37,38)23-11-13-24(14-12-23)40-41-30-17-18-32(28-10-4-3-9-27(28)30)43-42-31-16-15-29(25-7-1-2-8-26(25)31)39-33-19-20-34(45-33)44-21-5-6-22-44/h1-4,7-20,39,42-43H,5-6,21-22H2. The molecule has 1 aromatic heterocycles. The average Bonchev–Trinajstić information content (AvgIpc) is 3.76. The first kappa shape index (κ1) is 28.7. The molecule has 0 aliphatic carbocycles. The number of nitrogens with one attached hydrogen (secondary N) is 3. The molecule has 0 unspecified atom stereocenters. The van der Waals surface area contributed by atoms with Crippen LogP contribution in [0.3, 0.4) is 0 Å². The number of benzene rings is 5. The molecule has 6 nitrogen and oxygen atoms in total. The van der Waals surface area contributed by atoms with E-state index in [1.807, 2.05) is 48.5 Å². The Morgan fingerprint density at radius 2 is 1.18 bits per heavy atom. The second-order valence-corrected chi connectivity index (χ2v) is 11.9. The third-order valence-corrected chi connectivity index (χ3v) is 8.95. The lowest BCUT2D eigenvalue weighted by Crippen LogP contribution is -2.15. The number of fused-ring (bicyclic) bond motifs is 2.